The van der Waals surface area contributed by atoms with Crippen LogP contribution in [0.15, 0.2) is 40.8 Å². The highest BCUT2D eigenvalue weighted by Crippen LogP contribution is 2.23. The zero-order valence-electron chi connectivity index (χ0n) is 13.7. The number of hydrogen-bond acceptors (Lipinski definition) is 4. The number of amides is 1. The maximum Gasteiger partial charge on any atom is 0.234 e. The first-order chi connectivity index (χ1) is 11.6. The molecule has 0 spiro atoms. The summed E-state index contributed by atoms with van der Waals surface area (Å²) in [4.78, 5) is 14.3. The fraction of sp³-hybridized carbons (Fsp3) is 0.389. The molecule has 0 radical (unpaired) electrons. The zero-order chi connectivity index (χ0) is 16.9. The van der Waals surface area contributed by atoms with E-state index in [1.807, 2.05) is 36.4 Å². The summed E-state index contributed by atoms with van der Waals surface area (Å²) in [6.07, 6.45) is 0. The van der Waals surface area contributed by atoms with Gasteiger partial charge in [0.25, 0.3) is 0 Å². The van der Waals surface area contributed by atoms with Gasteiger partial charge in [0, 0.05) is 36.3 Å². The fourth-order valence-corrected chi connectivity index (χ4v) is 2.91. The molecule has 1 amide bonds. The third-order valence-corrected chi connectivity index (χ3v) is 4.49. The Kier molecular flexibility index (Phi) is 5.56. The summed E-state index contributed by atoms with van der Waals surface area (Å²) in [7, 11) is 0. The predicted octanol–water partition coefficient (Wildman–Crippen LogP) is 2.51. The van der Waals surface area contributed by atoms with E-state index in [-0.39, 0.29) is 5.91 Å². The van der Waals surface area contributed by atoms with Crippen molar-refractivity contribution in [2.75, 3.05) is 26.2 Å². The van der Waals surface area contributed by atoms with Crippen LogP contribution in [0.1, 0.15) is 12.7 Å². The second-order valence-electron chi connectivity index (χ2n) is 6.07. The molecule has 6 heteroatoms. The molecule has 0 bridgehead atoms. The molecule has 0 aliphatic carbocycles. The van der Waals surface area contributed by atoms with Crippen molar-refractivity contribution in [1.82, 2.24) is 15.5 Å². The Morgan fingerprint density at radius 3 is 2.88 bits per heavy atom. The number of furan rings is 1. The highest BCUT2D eigenvalue weighted by Gasteiger charge is 2.20. The topological polar surface area (TPSA) is 57.5 Å². The quantitative estimate of drug-likeness (QED) is 0.872. The SMILES string of the molecule is C[C@@H]1CNCCN1CC(=O)NCc1ccc(-c2ccc(Cl)cc2)o1. The van der Waals surface area contributed by atoms with Crippen LogP contribution >= 0.6 is 11.6 Å². The highest BCUT2D eigenvalue weighted by molar-refractivity contribution is 6.30. The van der Waals surface area contributed by atoms with Gasteiger partial charge in [0.1, 0.15) is 11.5 Å². The lowest BCUT2D eigenvalue weighted by atomic mass is 10.2. The van der Waals surface area contributed by atoms with E-state index >= 15 is 0 Å². The van der Waals surface area contributed by atoms with E-state index < -0.39 is 0 Å². The molecule has 5 nitrogen and oxygen atoms in total. The van der Waals surface area contributed by atoms with Crippen LogP contribution in [0.3, 0.4) is 0 Å². The van der Waals surface area contributed by atoms with Crippen molar-refractivity contribution >= 4 is 17.5 Å². The van der Waals surface area contributed by atoms with Gasteiger partial charge in [0.2, 0.25) is 5.91 Å². The molecule has 1 fully saturated rings. The number of benzene rings is 1. The Hall–Kier alpha value is -1.82. The predicted molar refractivity (Wildman–Crippen MR) is 94.9 cm³/mol. The van der Waals surface area contributed by atoms with E-state index in [1.165, 1.54) is 0 Å². The first kappa shape index (κ1) is 17.0. The largest absolute Gasteiger partial charge is 0.459 e. The maximum absolute atomic E-state index is 12.1. The van der Waals surface area contributed by atoms with Crippen LogP contribution < -0.4 is 10.6 Å². The monoisotopic (exact) mass is 347 g/mol. The first-order valence-electron chi connectivity index (χ1n) is 8.18. The number of carbonyl (C=O) groups excluding carboxylic acids is 1. The van der Waals surface area contributed by atoms with Gasteiger partial charge in [-0.1, -0.05) is 11.6 Å². The number of piperazine rings is 1. The first-order valence-corrected chi connectivity index (χ1v) is 8.56. The number of hydrogen-bond donors (Lipinski definition) is 2. The van der Waals surface area contributed by atoms with Gasteiger partial charge < -0.3 is 15.1 Å². The lowest BCUT2D eigenvalue weighted by Crippen LogP contribution is -2.52. The second kappa shape index (κ2) is 7.83. The van der Waals surface area contributed by atoms with Crippen molar-refractivity contribution in [2.45, 2.75) is 19.5 Å². The van der Waals surface area contributed by atoms with Gasteiger partial charge in [-0.2, -0.15) is 0 Å². The lowest BCUT2D eigenvalue weighted by molar-refractivity contribution is -0.123. The van der Waals surface area contributed by atoms with Gasteiger partial charge in [-0.25, -0.2) is 0 Å². The molecule has 1 aromatic carbocycles. The molecule has 2 heterocycles. The summed E-state index contributed by atoms with van der Waals surface area (Å²) in [6.45, 7) is 5.71. The van der Waals surface area contributed by atoms with E-state index in [9.17, 15) is 4.79 Å². The standard InChI is InChI=1S/C18H22ClN3O2/c1-13-10-20-8-9-22(13)12-18(23)21-11-16-6-7-17(24-16)14-2-4-15(19)5-3-14/h2-7,13,20H,8-12H2,1H3,(H,21,23)/t13-/m1/s1. The minimum Gasteiger partial charge on any atom is -0.459 e. The summed E-state index contributed by atoms with van der Waals surface area (Å²) < 4.78 is 5.79. The molecular formula is C18H22ClN3O2. The molecule has 1 saturated heterocycles. The Balaban J connectivity index is 1.51. The number of nitrogens with one attached hydrogen (secondary N) is 2. The van der Waals surface area contributed by atoms with Crippen LogP contribution in [0.2, 0.25) is 5.02 Å². The van der Waals surface area contributed by atoms with E-state index in [0.717, 1.165) is 36.7 Å². The summed E-state index contributed by atoms with van der Waals surface area (Å²) in [5.41, 5.74) is 0.964. The third kappa shape index (κ3) is 4.38. The van der Waals surface area contributed by atoms with Crippen LogP contribution in [0, 0.1) is 0 Å². The fourth-order valence-electron chi connectivity index (χ4n) is 2.79. The molecule has 128 valence electrons. The normalized spacial score (nSPS) is 18.5. The number of halogens is 1. The summed E-state index contributed by atoms with van der Waals surface area (Å²) in [5.74, 6) is 1.53. The highest BCUT2D eigenvalue weighted by atomic mass is 35.5. The van der Waals surface area contributed by atoms with Crippen LogP contribution in [0.5, 0.6) is 0 Å². The number of carbonyl (C=O) groups is 1. The van der Waals surface area contributed by atoms with Crippen molar-refractivity contribution < 1.29 is 9.21 Å². The van der Waals surface area contributed by atoms with Crippen LogP contribution in [-0.2, 0) is 11.3 Å². The molecule has 1 aromatic heterocycles. The van der Waals surface area contributed by atoms with E-state index in [1.54, 1.807) is 0 Å². The second-order valence-corrected chi connectivity index (χ2v) is 6.51. The van der Waals surface area contributed by atoms with E-state index in [0.29, 0.717) is 24.2 Å². The maximum atomic E-state index is 12.1. The summed E-state index contributed by atoms with van der Waals surface area (Å²) >= 11 is 5.89. The van der Waals surface area contributed by atoms with Crippen molar-refractivity contribution in [3.8, 4) is 11.3 Å². The van der Waals surface area contributed by atoms with Crippen molar-refractivity contribution in [3.05, 3.63) is 47.2 Å². The molecule has 1 atom stereocenters. The molecule has 1 aliphatic heterocycles. The molecular weight excluding hydrogens is 326 g/mol. The molecule has 3 rings (SSSR count). The van der Waals surface area contributed by atoms with Crippen LogP contribution in [0.25, 0.3) is 11.3 Å². The number of nitrogens with zero attached hydrogens (tertiary/aromatic N) is 1. The Morgan fingerprint density at radius 1 is 1.33 bits per heavy atom. The minimum absolute atomic E-state index is 0.0215. The molecule has 2 aromatic rings. The van der Waals surface area contributed by atoms with Gasteiger partial charge in [0.15, 0.2) is 0 Å². The average molecular weight is 348 g/mol. The molecule has 0 saturated carbocycles. The minimum atomic E-state index is 0.0215. The van der Waals surface area contributed by atoms with Gasteiger partial charge in [0.05, 0.1) is 13.1 Å². The molecule has 1 aliphatic rings. The van der Waals surface area contributed by atoms with Gasteiger partial charge in [-0.15, -0.1) is 0 Å². The Labute approximate surface area is 147 Å². The van der Waals surface area contributed by atoms with Gasteiger partial charge >= 0.3 is 0 Å². The molecule has 24 heavy (non-hydrogen) atoms. The smallest absolute Gasteiger partial charge is 0.234 e. The van der Waals surface area contributed by atoms with E-state index in [2.05, 4.69) is 22.5 Å². The Morgan fingerprint density at radius 2 is 2.12 bits per heavy atom. The van der Waals surface area contributed by atoms with Crippen LogP contribution in [0.4, 0.5) is 0 Å². The molecule has 2 N–H and O–H groups in total. The van der Waals surface area contributed by atoms with Crippen LogP contribution in [-0.4, -0.2) is 43.0 Å². The van der Waals surface area contributed by atoms with Gasteiger partial charge in [-0.05, 0) is 43.3 Å². The molecule has 0 unspecified atom stereocenters. The zero-order valence-corrected chi connectivity index (χ0v) is 14.5. The Bertz CT molecular complexity index is 684. The lowest BCUT2D eigenvalue weighted by Gasteiger charge is -2.33. The summed E-state index contributed by atoms with van der Waals surface area (Å²) in [5, 5.41) is 6.94. The summed E-state index contributed by atoms with van der Waals surface area (Å²) in [6, 6.07) is 11.7. The average Bonchev–Trinajstić information content (AvgIpc) is 3.05. The van der Waals surface area contributed by atoms with E-state index in [4.69, 9.17) is 16.0 Å². The number of rotatable bonds is 5. The third-order valence-electron chi connectivity index (χ3n) is 4.24. The van der Waals surface area contributed by atoms with Crippen molar-refractivity contribution in [2.24, 2.45) is 0 Å². The van der Waals surface area contributed by atoms with Crippen molar-refractivity contribution in [1.29, 1.82) is 0 Å². The van der Waals surface area contributed by atoms with Crippen molar-refractivity contribution in [3.63, 3.8) is 0 Å². The van der Waals surface area contributed by atoms with Gasteiger partial charge in [-0.3, -0.25) is 9.69 Å².